The van der Waals surface area contributed by atoms with E-state index in [-0.39, 0.29) is 5.41 Å². The summed E-state index contributed by atoms with van der Waals surface area (Å²) in [6, 6.07) is 3.50. The zero-order valence-corrected chi connectivity index (χ0v) is 13.4. The van der Waals surface area contributed by atoms with Crippen molar-refractivity contribution in [2.75, 3.05) is 13.1 Å². The standard InChI is InChI=1S/C14H20Cl3N/c1-4-18-9-14(2,3)6-5-11-12(16)7-10(15)8-13(11)17/h7-8,18H,4-6,9H2,1-3H3. The number of hydrogen-bond acceptors (Lipinski definition) is 1. The number of benzene rings is 1. The fraction of sp³-hybridized carbons (Fsp3) is 0.571. The van der Waals surface area contributed by atoms with E-state index in [9.17, 15) is 0 Å². The van der Waals surface area contributed by atoms with Gasteiger partial charge in [0.15, 0.2) is 0 Å². The minimum Gasteiger partial charge on any atom is -0.316 e. The highest BCUT2D eigenvalue weighted by atomic mass is 35.5. The smallest absolute Gasteiger partial charge is 0.0467 e. The van der Waals surface area contributed by atoms with E-state index < -0.39 is 0 Å². The van der Waals surface area contributed by atoms with Crippen molar-refractivity contribution < 1.29 is 0 Å². The van der Waals surface area contributed by atoms with Crippen molar-refractivity contribution in [3.8, 4) is 0 Å². The highest BCUT2D eigenvalue weighted by Gasteiger charge is 2.18. The van der Waals surface area contributed by atoms with E-state index in [1.807, 2.05) is 0 Å². The Morgan fingerprint density at radius 1 is 1.11 bits per heavy atom. The summed E-state index contributed by atoms with van der Waals surface area (Å²) in [5.74, 6) is 0. The second-order valence-electron chi connectivity index (χ2n) is 5.29. The molecule has 0 saturated carbocycles. The summed E-state index contributed by atoms with van der Waals surface area (Å²) < 4.78 is 0. The monoisotopic (exact) mass is 307 g/mol. The molecule has 0 saturated heterocycles. The lowest BCUT2D eigenvalue weighted by Gasteiger charge is -2.25. The molecule has 0 amide bonds. The topological polar surface area (TPSA) is 12.0 Å². The predicted molar refractivity (Wildman–Crippen MR) is 82.1 cm³/mol. The largest absolute Gasteiger partial charge is 0.316 e. The molecule has 1 rings (SSSR count). The van der Waals surface area contributed by atoms with Gasteiger partial charge in [0.1, 0.15) is 0 Å². The molecule has 4 heteroatoms. The van der Waals surface area contributed by atoms with E-state index in [1.165, 1.54) is 0 Å². The van der Waals surface area contributed by atoms with Crippen LogP contribution in [-0.2, 0) is 6.42 Å². The van der Waals surface area contributed by atoms with Gasteiger partial charge in [-0.1, -0.05) is 55.6 Å². The van der Waals surface area contributed by atoms with Gasteiger partial charge in [0.25, 0.3) is 0 Å². The van der Waals surface area contributed by atoms with Crippen LogP contribution in [0.5, 0.6) is 0 Å². The van der Waals surface area contributed by atoms with Gasteiger partial charge in [-0.25, -0.2) is 0 Å². The number of halogens is 3. The van der Waals surface area contributed by atoms with E-state index in [0.717, 1.165) is 31.5 Å². The third-order valence-corrected chi connectivity index (χ3v) is 3.90. The predicted octanol–water partition coefficient (Wildman–Crippen LogP) is 5.22. The second kappa shape index (κ2) is 7.00. The summed E-state index contributed by atoms with van der Waals surface area (Å²) in [5.41, 5.74) is 1.22. The first kappa shape index (κ1) is 16.1. The van der Waals surface area contributed by atoms with E-state index >= 15 is 0 Å². The Bertz CT molecular complexity index is 379. The van der Waals surface area contributed by atoms with Crippen LogP contribution in [-0.4, -0.2) is 13.1 Å². The summed E-state index contributed by atoms with van der Waals surface area (Å²) in [7, 11) is 0. The fourth-order valence-corrected chi connectivity index (χ4v) is 2.83. The zero-order valence-electron chi connectivity index (χ0n) is 11.1. The SMILES string of the molecule is CCNCC(C)(C)CCc1c(Cl)cc(Cl)cc1Cl. The van der Waals surface area contributed by atoms with Gasteiger partial charge in [-0.2, -0.15) is 0 Å². The van der Waals surface area contributed by atoms with Gasteiger partial charge < -0.3 is 5.32 Å². The van der Waals surface area contributed by atoms with Gasteiger partial charge in [0.05, 0.1) is 0 Å². The third-order valence-electron chi connectivity index (χ3n) is 3.01. The van der Waals surface area contributed by atoms with E-state index in [4.69, 9.17) is 34.8 Å². The van der Waals surface area contributed by atoms with Gasteiger partial charge in [-0.15, -0.1) is 0 Å². The number of nitrogens with one attached hydrogen (secondary N) is 1. The Morgan fingerprint density at radius 3 is 2.17 bits per heavy atom. The molecule has 1 nitrogen and oxygen atoms in total. The van der Waals surface area contributed by atoms with Crippen LogP contribution in [0.2, 0.25) is 15.1 Å². The Morgan fingerprint density at radius 2 is 1.67 bits per heavy atom. The second-order valence-corrected chi connectivity index (χ2v) is 6.54. The van der Waals surface area contributed by atoms with Crippen molar-refractivity contribution in [3.05, 3.63) is 32.8 Å². The molecule has 0 spiro atoms. The lowest BCUT2D eigenvalue weighted by Crippen LogP contribution is -2.29. The van der Waals surface area contributed by atoms with Crippen LogP contribution in [0.1, 0.15) is 32.8 Å². The first-order valence-electron chi connectivity index (χ1n) is 6.20. The first-order valence-corrected chi connectivity index (χ1v) is 7.33. The molecule has 1 aromatic carbocycles. The van der Waals surface area contributed by atoms with E-state index in [2.05, 4.69) is 26.1 Å². The van der Waals surface area contributed by atoms with E-state index in [1.54, 1.807) is 12.1 Å². The summed E-state index contributed by atoms with van der Waals surface area (Å²) in [6.07, 6.45) is 1.90. The highest BCUT2D eigenvalue weighted by molar-refractivity contribution is 6.39. The fourth-order valence-electron chi connectivity index (χ4n) is 1.83. The molecule has 0 unspecified atom stereocenters. The zero-order chi connectivity index (χ0) is 13.8. The van der Waals surface area contributed by atoms with Crippen LogP contribution >= 0.6 is 34.8 Å². The molecule has 0 heterocycles. The number of hydrogen-bond donors (Lipinski definition) is 1. The Kier molecular flexibility index (Phi) is 6.26. The van der Waals surface area contributed by atoms with Crippen LogP contribution in [0.3, 0.4) is 0 Å². The summed E-state index contributed by atoms with van der Waals surface area (Å²) in [6.45, 7) is 8.59. The molecule has 0 aromatic heterocycles. The summed E-state index contributed by atoms with van der Waals surface area (Å²) in [5, 5.41) is 5.28. The van der Waals surface area contributed by atoms with Gasteiger partial charge in [-0.05, 0) is 42.5 Å². The maximum absolute atomic E-state index is 6.18. The highest BCUT2D eigenvalue weighted by Crippen LogP contribution is 2.32. The van der Waals surface area contributed by atoms with Crippen molar-refractivity contribution in [1.82, 2.24) is 5.32 Å². The van der Waals surface area contributed by atoms with Gasteiger partial charge in [0, 0.05) is 21.6 Å². The quantitative estimate of drug-likeness (QED) is 0.760. The molecule has 1 aromatic rings. The normalized spacial score (nSPS) is 11.9. The molecule has 0 bridgehead atoms. The molecule has 0 fully saturated rings. The van der Waals surface area contributed by atoms with Gasteiger partial charge >= 0.3 is 0 Å². The molecular weight excluding hydrogens is 289 g/mol. The van der Waals surface area contributed by atoms with Crippen LogP contribution < -0.4 is 5.32 Å². The molecule has 0 atom stereocenters. The Balaban J connectivity index is 2.69. The Labute approximate surface area is 125 Å². The molecule has 0 aliphatic heterocycles. The van der Waals surface area contributed by atoms with Crippen molar-refractivity contribution >= 4 is 34.8 Å². The first-order chi connectivity index (χ1) is 8.35. The maximum Gasteiger partial charge on any atom is 0.0467 e. The van der Waals surface area contributed by atoms with Gasteiger partial charge in [-0.3, -0.25) is 0 Å². The molecule has 0 aliphatic rings. The maximum atomic E-state index is 6.18. The average molecular weight is 309 g/mol. The minimum absolute atomic E-state index is 0.225. The van der Waals surface area contributed by atoms with Crippen LogP contribution in [0.4, 0.5) is 0 Å². The van der Waals surface area contributed by atoms with Crippen LogP contribution in [0, 0.1) is 5.41 Å². The molecule has 18 heavy (non-hydrogen) atoms. The van der Waals surface area contributed by atoms with Gasteiger partial charge in [0.2, 0.25) is 0 Å². The summed E-state index contributed by atoms with van der Waals surface area (Å²) >= 11 is 18.3. The van der Waals surface area contributed by atoms with Crippen molar-refractivity contribution in [1.29, 1.82) is 0 Å². The van der Waals surface area contributed by atoms with E-state index in [0.29, 0.717) is 15.1 Å². The van der Waals surface area contributed by atoms with Crippen molar-refractivity contribution in [3.63, 3.8) is 0 Å². The van der Waals surface area contributed by atoms with Crippen molar-refractivity contribution in [2.24, 2.45) is 5.41 Å². The molecule has 0 aliphatic carbocycles. The molecule has 102 valence electrons. The third kappa shape index (κ3) is 4.97. The van der Waals surface area contributed by atoms with Crippen LogP contribution in [0.15, 0.2) is 12.1 Å². The molecule has 0 radical (unpaired) electrons. The van der Waals surface area contributed by atoms with Crippen molar-refractivity contribution in [2.45, 2.75) is 33.6 Å². The minimum atomic E-state index is 0.225. The number of rotatable bonds is 6. The van der Waals surface area contributed by atoms with Crippen LogP contribution in [0.25, 0.3) is 0 Å². The molecular formula is C14H20Cl3N. The lowest BCUT2D eigenvalue weighted by atomic mass is 9.86. The average Bonchev–Trinajstić information content (AvgIpc) is 2.24. The molecule has 1 N–H and O–H groups in total. The Hall–Kier alpha value is 0.0500. The summed E-state index contributed by atoms with van der Waals surface area (Å²) in [4.78, 5) is 0. The lowest BCUT2D eigenvalue weighted by molar-refractivity contribution is 0.318.